The smallest absolute Gasteiger partial charge is 0.227 e. The summed E-state index contributed by atoms with van der Waals surface area (Å²) in [5.41, 5.74) is 0.606. The summed E-state index contributed by atoms with van der Waals surface area (Å²) in [4.78, 5) is 11.5. The van der Waals surface area contributed by atoms with E-state index in [0.717, 1.165) is 4.47 Å². The van der Waals surface area contributed by atoms with E-state index in [9.17, 15) is 9.90 Å². The van der Waals surface area contributed by atoms with Gasteiger partial charge >= 0.3 is 0 Å². The summed E-state index contributed by atoms with van der Waals surface area (Å²) < 4.78 is -0.964. The molecule has 1 amide bonds. The third-order valence-corrected chi connectivity index (χ3v) is 3.17. The maximum Gasteiger partial charge on any atom is 0.227 e. The van der Waals surface area contributed by atoms with Crippen molar-refractivity contribution in [3.63, 3.8) is 0 Å². The highest BCUT2D eigenvalue weighted by molar-refractivity contribution is 9.10. The summed E-state index contributed by atoms with van der Waals surface area (Å²) >= 11 is 19.6. The Labute approximate surface area is 122 Å². The Hall–Kier alpha value is -0.000000000000000111. The van der Waals surface area contributed by atoms with Crippen LogP contribution in [0.4, 0.5) is 5.69 Å². The zero-order chi connectivity index (χ0) is 13.1. The maximum atomic E-state index is 11.5. The Morgan fingerprint density at radius 3 is 2.35 bits per heavy atom. The second-order valence-electron chi connectivity index (χ2n) is 3.32. The number of rotatable bonds is 3. The van der Waals surface area contributed by atoms with Gasteiger partial charge in [0.1, 0.15) is 6.10 Å². The first-order valence-corrected chi connectivity index (χ1v) is 6.52. The minimum absolute atomic E-state index is 0.285. The number of hydrogen-bond donors (Lipinski definition) is 2. The lowest BCUT2D eigenvalue weighted by Crippen LogP contribution is -2.30. The number of benzene rings is 1. The van der Waals surface area contributed by atoms with Crippen LogP contribution in [-0.2, 0) is 4.79 Å². The number of aliphatic hydroxyl groups is 1. The van der Waals surface area contributed by atoms with E-state index in [2.05, 4.69) is 21.2 Å². The number of aliphatic hydroxyl groups excluding tert-OH is 1. The Balaban J connectivity index is 2.53. The molecular weight excluding hydrogens is 352 g/mol. The summed E-state index contributed by atoms with van der Waals surface area (Å²) in [5.74, 6) is -0.425. The lowest BCUT2D eigenvalue weighted by Gasteiger charge is -2.18. The van der Waals surface area contributed by atoms with Gasteiger partial charge in [-0.25, -0.2) is 0 Å². The van der Waals surface area contributed by atoms with Crippen LogP contribution in [0.3, 0.4) is 0 Å². The molecule has 0 aliphatic rings. The first-order valence-electron chi connectivity index (χ1n) is 4.59. The molecule has 0 heterocycles. The van der Waals surface area contributed by atoms with Crippen molar-refractivity contribution >= 4 is 62.3 Å². The van der Waals surface area contributed by atoms with Crippen molar-refractivity contribution in [2.24, 2.45) is 0 Å². The fraction of sp³-hybridized carbons (Fsp3) is 0.300. The molecule has 1 aromatic rings. The SMILES string of the molecule is O=C(C[C@@H](O)C(Cl)(Cl)Cl)Nc1ccc(Br)cc1. The average Bonchev–Trinajstić information content (AvgIpc) is 2.20. The molecule has 94 valence electrons. The van der Waals surface area contributed by atoms with E-state index in [1.165, 1.54) is 0 Å². The molecule has 0 fully saturated rings. The number of carbonyl (C=O) groups is 1. The summed E-state index contributed by atoms with van der Waals surface area (Å²) in [6.45, 7) is 0. The van der Waals surface area contributed by atoms with E-state index < -0.39 is 15.8 Å². The second kappa shape index (κ2) is 6.25. The van der Waals surface area contributed by atoms with Gasteiger partial charge < -0.3 is 10.4 Å². The largest absolute Gasteiger partial charge is 0.388 e. The zero-order valence-electron chi connectivity index (χ0n) is 8.46. The van der Waals surface area contributed by atoms with Crippen molar-refractivity contribution in [3.8, 4) is 0 Å². The number of halogens is 4. The van der Waals surface area contributed by atoms with E-state index in [0.29, 0.717) is 5.69 Å². The van der Waals surface area contributed by atoms with Crippen LogP contribution in [0.15, 0.2) is 28.7 Å². The van der Waals surface area contributed by atoms with Crippen LogP contribution < -0.4 is 5.32 Å². The molecule has 0 aromatic heterocycles. The Bertz CT molecular complexity index is 392. The van der Waals surface area contributed by atoms with Crippen LogP contribution in [0.25, 0.3) is 0 Å². The van der Waals surface area contributed by atoms with Crippen LogP contribution >= 0.6 is 50.7 Å². The number of alkyl halides is 3. The van der Waals surface area contributed by atoms with E-state index in [4.69, 9.17) is 34.8 Å². The Kier molecular flexibility index (Phi) is 5.54. The van der Waals surface area contributed by atoms with Crippen molar-refractivity contribution in [1.29, 1.82) is 0 Å². The molecule has 17 heavy (non-hydrogen) atoms. The third-order valence-electron chi connectivity index (χ3n) is 1.88. The molecule has 1 atom stereocenters. The number of nitrogens with one attached hydrogen (secondary N) is 1. The minimum atomic E-state index is -1.86. The Morgan fingerprint density at radius 1 is 1.35 bits per heavy atom. The summed E-state index contributed by atoms with van der Waals surface area (Å²) in [6.07, 6.45) is -1.63. The van der Waals surface area contributed by atoms with Gasteiger partial charge in [-0.3, -0.25) is 4.79 Å². The molecule has 0 radical (unpaired) electrons. The second-order valence-corrected chi connectivity index (χ2v) is 6.60. The van der Waals surface area contributed by atoms with Gasteiger partial charge in [0, 0.05) is 10.2 Å². The van der Waals surface area contributed by atoms with Crippen LogP contribution in [0.1, 0.15) is 6.42 Å². The summed E-state index contributed by atoms with van der Waals surface area (Å²) in [7, 11) is 0. The molecule has 1 rings (SSSR count). The highest BCUT2D eigenvalue weighted by Crippen LogP contribution is 2.31. The van der Waals surface area contributed by atoms with Crippen LogP contribution in [-0.4, -0.2) is 20.9 Å². The van der Waals surface area contributed by atoms with Gasteiger partial charge in [-0.2, -0.15) is 0 Å². The highest BCUT2D eigenvalue weighted by Gasteiger charge is 2.32. The van der Waals surface area contributed by atoms with Gasteiger partial charge in [0.25, 0.3) is 0 Å². The van der Waals surface area contributed by atoms with E-state index in [-0.39, 0.29) is 6.42 Å². The van der Waals surface area contributed by atoms with Gasteiger partial charge in [-0.1, -0.05) is 50.7 Å². The van der Waals surface area contributed by atoms with Crippen molar-refractivity contribution in [3.05, 3.63) is 28.7 Å². The molecule has 0 saturated heterocycles. The van der Waals surface area contributed by atoms with Gasteiger partial charge in [0.15, 0.2) is 0 Å². The topological polar surface area (TPSA) is 49.3 Å². The average molecular weight is 361 g/mol. The fourth-order valence-electron chi connectivity index (χ4n) is 1.04. The molecule has 0 aliphatic carbocycles. The molecule has 0 unspecified atom stereocenters. The molecule has 0 saturated carbocycles. The van der Waals surface area contributed by atoms with Crippen LogP contribution in [0.2, 0.25) is 0 Å². The molecular formula is C10H9BrCl3NO2. The number of amides is 1. The van der Waals surface area contributed by atoms with Crippen molar-refractivity contribution in [2.75, 3.05) is 5.32 Å². The predicted octanol–water partition coefficient (Wildman–Crippen LogP) is 3.51. The molecule has 3 nitrogen and oxygen atoms in total. The van der Waals surface area contributed by atoms with E-state index in [1.54, 1.807) is 24.3 Å². The lowest BCUT2D eigenvalue weighted by atomic mass is 10.2. The van der Waals surface area contributed by atoms with Gasteiger partial charge in [-0.15, -0.1) is 0 Å². The van der Waals surface area contributed by atoms with Gasteiger partial charge in [0.2, 0.25) is 9.70 Å². The molecule has 2 N–H and O–H groups in total. The van der Waals surface area contributed by atoms with Crippen molar-refractivity contribution in [2.45, 2.75) is 16.3 Å². The summed E-state index contributed by atoms with van der Waals surface area (Å²) in [6, 6.07) is 6.98. The van der Waals surface area contributed by atoms with Gasteiger partial charge in [-0.05, 0) is 24.3 Å². The molecule has 0 spiro atoms. The Morgan fingerprint density at radius 2 is 1.88 bits per heavy atom. The summed E-state index contributed by atoms with van der Waals surface area (Å²) in [5, 5.41) is 12.0. The predicted molar refractivity (Wildman–Crippen MR) is 73.7 cm³/mol. The van der Waals surface area contributed by atoms with E-state index >= 15 is 0 Å². The minimum Gasteiger partial charge on any atom is -0.388 e. The molecule has 0 aliphatic heterocycles. The number of carbonyl (C=O) groups excluding carboxylic acids is 1. The molecule has 7 heteroatoms. The van der Waals surface area contributed by atoms with Crippen molar-refractivity contribution < 1.29 is 9.90 Å². The third kappa shape index (κ3) is 5.44. The molecule has 0 bridgehead atoms. The normalized spacial score (nSPS) is 13.2. The van der Waals surface area contributed by atoms with Crippen LogP contribution in [0, 0.1) is 0 Å². The zero-order valence-corrected chi connectivity index (χ0v) is 12.3. The highest BCUT2D eigenvalue weighted by atomic mass is 79.9. The van der Waals surface area contributed by atoms with E-state index in [1.807, 2.05) is 0 Å². The maximum absolute atomic E-state index is 11.5. The number of anilines is 1. The molecule has 1 aromatic carbocycles. The first kappa shape index (κ1) is 15.1. The first-order chi connectivity index (χ1) is 7.79. The van der Waals surface area contributed by atoms with Crippen LogP contribution in [0.5, 0.6) is 0 Å². The monoisotopic (exact) mass is 359 g/mol. The fourth-order valence-corrected chi connectivity index (χ4v) is 1.53. The van der Waals surface area contributed by atoms with Crippen molar-refractivity contribution in [1.82, 2.24) is 0 Å². The lowest BCUT2D eigenvalue weighted by molar-refractivity contribution is -0.117. The van der Waals surface area contributed by atoms with Gasteiger partial charge in [0.05, 0.1) is 6.42 Å². The quantitative estimate of drug-likeness (QED) is 0.810. The number of hydrogen-bond acceptors (Lipinski definition) is 2. The standard InChI is InChI=1S/C10H9BrCl3NO2/c11-6-1-3-7(4-2-6)15-9(17)5-8(16)10(12,13)14/h1-4,8,16H,5H2,(H,15,17)/t8-/m1/s1.